The lowest BCUT2D eigenvalue weighted by molar-refractivity contribution is 0.0363. The van der Waals surface area contributed by atoms with Gasteiger partial charge < -0.3 is 10.4 Å². The van der Waals surface area contributed by atoms with Gasteiger partial charge in [-0.2, -0.15) is 0 Å². The highest BCUT2D eigenvalue weighted by atomic mass is 35.5. The normalized spacial score (nSPS) is 25.8. The number of rotatable bonds is 1. The van der Waals surface area contributed by atoms with Crippen LogP contribution in [0, 0.1) is 0 Å². The van der Waals surface area contributed by atoms with E-state index >= 15 is 0 Å². The van der Waals surface area contributed by atoms with E-state index in [1.807, 2.05) is 13.8 Å². The van der Waals surface area contributed by atoms with Gasteiger partial charge in [-0.25, -0.2) is 0 Å². The van der Waals surface area contributed by atoms with Crippen LogP contribution in [0.4, 0.5) is 0 Å². The van der Waals surface area contributed by atoms with Gasteiger partial charge in [0.2, 0.25) is 0 Å². The molecule has 2 N–H and O–H groups in total. The molecule has 74 valence electrons. The minimum atomic E-state index is -0.551. The van der Waals surface area contributed by atoms with Crippen LogP contribution < -0.4 is 5.32 Å². The molecule has 12 heavy (non-hydrogen) atoms. The summed E-state index contributed by atoms with van der Waals surface area (Å²) in [5, 5.41) is 13.1. The first-order valence-corrected chi connectivity index (χ1v) is 4.56. The SMILES string of the molecule is CC(C)(O)C1CCCCCN1.Cl. The monoisotopic (exact) mass is 193 g/mol. The Morgan fingerprint density at radius 2 is 1.92 bits per heavy atom. The second-order valence-corrected chi connectivity index (χ2v) is 4.01. The molecular formula is C9H20ClNO. The summed E-state index contributed by atoms with van der Waals surface area (Å²) in [6, 6.07) is 0.296. The summed E-state index contributed by atoms with van der Waals surface area (Å²) in [5.74, 6) is 0. The van der Waals surface area contributed by atoms with E-state index in [9.17, 15) is 5.11 Å². The van der Waals surface area contributed by atoms with E-state index in [1.54, 1.807) is 0 Å². The van der Waals surface area contributed by atoms with E-state index in [1.165, 1.54) is 19.3 Å². The number of hydrogen-bond donors (Lipinski definition) is 2. The third-order valence-corrected chi connectivity index (χ3v) is 2.41. The largest absolute Gasteiger partial charge is 0.389 e. The molecule has 1 fully saturated rings. The highest BCUT2D eigenvalue weighted by molar-refractivity contribution is 5.85. The fourth-order valence-electron chi connectivity index (χ4n) is 1.63. The van der Waals surface area contributed by atoms with Gasteiger partial charge in [-0.15, -0.1) is 12.4 Å². The first kappa shape index (κ1) is 12.2. The predicted molar refractivity (Wildman–Crippen MR) is 53.8 cm³/mol. The van der Waals surface area contributed by atoms with Gasteiger partial charge in [0.05, 0.1) is 5.60 Å². The van der Waals surface area contributed by atoms with Gasteiger partial charge in [0.25, 0.3) is 0 Å². The zero-order valence-electron chi connectivity index (χ0n) is 7.97. The second kappa shape index (κ2) is 5.05. The molecule has 0 spiro atoms. The highest BCUT2D eigenvalue weighted by Crippen LogP contribution is 2.17. The van der Waals surface area contributed by atoms with Gasteiger partial charge in [0, 0.05) is 6.04 Å². The van der Waals surface area contributed by atoms with Crippen LogP contribution >= 0.6 is 12.4 Å². The summed E-state index contributed by atoms with van der Waals surface area (Å²) in [4.78, 5) is 0. The molecule has 0 amide bonds. The third kappa shape index (κ3) is 3.74. The first-order valence-electron chi connectivity index (χ1n) is 4.56. The standard InChI is InChI=1S/C9H19NO.ClH/c1-9(2,11)8-6-4-3-5-7-10-8;/h8,10-11H,3-7H2,1-2H3;1H. The maximum atomic E-state index is 9.70. The Morgan fingerprint density at radius 3 is 2.50 bits per heavy atom. The van der Waals surface area contributed by atoms with E-state index in [-0.39, 0.29) is 12.4 Å². The molecule has 0 aromatic carbocycles. The van der Waals surface area contributed by atoms with E-state index < -0.39 is 5.60 Å². The minimum absolute atomic E-state index is 0. The van der Waals surface area contributed by atoms with E-state index in [0.717, 1.165) is 13.0 Å². The van der Waals surface area contributed by atoms with Gasteiger partial charge >= 0.3 is 0 Å². The fraction of sp³-hybridized carbons (Fsp3) is 1.00. The zero-order chi connectivity index (χ0) is 8.32. The summed E-state index contributed by atoms with van der Waals surface area (Å²) in [7, 11) is 0. The van der Waals surface area contributed by atoms with Gasteiger partial charge in [-0.1, -0.05) is 12.8 Å². The van der Waals surface area contributed by atoms with Crippen LogP contribution in [0.2, 0.25) is 0 Å². The number of halogens is 1. The van der Waals surface area contributed by atoms with Gasteiger partial charge in [-0.05, 0) is 33.2 Å². The maximum absolute atomic E-state index is 9.70. The van der Waals surface area contributed by atoms with Crippen molar-refractivity contribution in [2.75, 3.05) is 6.54 Å². The summed E-state index contributed by atoms with van der Waals surface area (Å²) >= 11 is 0. The van der Waals surface area contributed by atoms with E-state index in [2.05, 4.69) is 5.32 Å². The van der Waals surface area contributed by atoms with Crippen molar-refractivity contribution in [3.63, 3.8) is 0 Å². The van der Waals surface area contributed by atoms with Crippen molar-refractivity contribution in [2.24, 2.45) is 0 Å². The molecule has 1 unspecified atom stereocenters. The molecule has 2 nitrogen and oxygen atoms in total. The van der Waals surface area contributed by atoms with Crippen molar-refractivity contribution in [3.8, 4) is 0 Å². The van der Waals surface area contributed by atoms with Crippen LogP contribution in [0.15, 0.2) is 0 Å². The highest BCUT2D eigenvalue weighted by Gasteiger charge is 2.26. The van der Waals surface area contributed by atoms with Gasteiger partial charge in [0.1, 0.15) is 0 Å². The molecule has 0 saturated carbocycles. The zero-order valence-corrected chi connectivity index (χ0v) is 8.78. The number of aliphatic hydroxyl groups is 1. The van der Waals surface area contributed by atoms with Crippen LogP contribution in [0.3, 0.4) is 0 Å². The van der Waals surface area contributed by atoms with Crippen LogP contribution in [-0.2, 0) is 0 Å². The van der Waals surface area contributed by atoms with Crippen molar-refractivity contribution in [1.82, 2.24) is 5.32 Å². The Morgan fingerprint density at radius 1 is 1.25 bits per heavy atom. The lowest BCUT2D eigenvalue weighted by Gasteiger charge is -2.28. The molecule has 0 radical (unpaired) electrons. The van der Waals surface area contributed by atoms with Crippen LogP contribution in [-0.4, -0.2) is 23.3 Å². The summed E-state index contributed by atoms with van der Waals surface area (Å²) in [6.45, 7) is 4.83. The van der Waals surface area contributed by atoms with Crippen molar-refractivity contribution in [1.29, 1.82) is 0 Å². The van der Waals surface area contributed by atoms with Crippen LogP contribution in [0.1, 0.15) is 39.5 Å². The number of hydrogen-bond acceptors (Lipinski definition) is 2. The molecule has 0 aromatic heterocycles. The molecule has 1 aliphatic rings. The lowest BCUT2D eigenvalue weighted by atomic mass is 9.95. The summed E-state index contributed by atoms with van der Waals surface area (Å²) in [5.41, 5.74) is -0.551. The lowest BCUT2D eigenvalue weighted by Crippen LogP contribution is -2.46. The van der Waals surface area contributed by atoms with Crippen LogP contribution in [0.25, 0.3) is 0 Å². The van der Waals surface area contributed by atoms with Crippen molar-refractivity contribution in [3.05, 3.63) is 0 Å². The quantitative estimate of drug-likeness (QED) is 0.665. The Labute approximate surface area is 81.2 Å². The minimum Gasteiger partial charge on any atom is -0.389 e. The average Bonchev–Trinajstić information content (AvgIpc) is 2.10. The molecular weight excluding hydrogens is 174 g/mol. The molecule has 0 bridgehead atoms. The molecule has 1 heterocycles. The Kier molecular flexibility index (Phi) is 5.14. The van der Waals surface area contributed by atoms with Gasteiger partial charge in [-0.3, -0.25) is 0 Å². The predicted octanol–water partition coefficient (Wildman–Crippen LogP) is 1.71. The average molecular weight is 194 g/mol. The van der Waals surface area contributed by atoms with E-state index in [0.29, 0.717) is 6.04 Å². The van der Waals surface area contributed by atoms with E-state index in [4.69, 9.17) is 0 Å². The van der Waals surface area contributed by atoms with Crippen LogP contribution in [0.5, 0.6) is 0 Å². The molecule has 3 heteroatoms. The van der Waals surface area contributed by atoms with Crippen molar-refractivity contribution in [2.45, 2.75) is 51.2 Å². The number of nitrogens with one attached hydrogen (secondary N) is 1. The molecule has 0 aromatic rings. The molecule has 1 saturated heterocycles. The summed E-state index contributed by atoms with van der Waals surface area (Å²) < 4.78 is 0. The van der Waals surface area contributed by atoms with Crippen molar-refractivity contribution >= 4 is 12.4 Å². The molecule has 1 atom stereocenters. The smallest absolute Gasteiger partial charge is 0.0744 e. The Bertz CT molecular complexity index is 114. The molecule has 0 aliphatic carbocycles. The first-order chi connectivity index (χ1) is 5.11. The Hall–Kier alpha value is 0.210. The van der Waals surface area contributed by atoms with Gasteiger partial charge in [0.15, 0.2) is 0 Å². The van der Waals surface area contributed by atoms with Crippen molar-refractivity contribution < 1.29 is 5.11 Å². The third-order valence-electron chi connectivity index (χ3n) is 2.41. The fourth-order valence-corrected chi connectivity index (χ4v) is 1.63. The topological polar surface area (TPSA) is 32.3 Å². The molecule has 1 aliphatic heterocycles. The summed E-state index contributed by atoms with van der Waals surface area (Å²) in [6.07, 6.45) is 4.93. The second-order valence-electron chi connectivity index (χ2n) is 4.01. The Balaban J connectivity index is 0.00000121. The maximum Gasteiger partial charge on any atom is 0.0744 e. The molecule has 1 rings (SSSR count).